The molecule has 0 spiro atoms. The number of hydrogen-bond acceptors (Lipinski definition) is 4. The summed E-state index contributed by atoms with van der Waals surface area (Å²) in [6.45, 7) is 0.407. The normalized spacial score (nSPS) is 12.2. The van der Waals surface area contributed by atoms with E-state index in [1.807, 2.05) is 60.7 Å². The first-order chi connectivity index (χ1) is 13.4. The average molecular weight is 386 g/mol. The van der Waals surface area contributed by atoms with Crippen molar-refractivity contribution in [1.82, 2.24) is 5.32 Å². The Morgan fingerprint density at radius 1 is 0.786 bits per heavy atom. The lowest BCUT2D eigenvalue weighted by Gasteiger charge is -2.11. The maximum Gasteiger partial charge on any atom is 0.312 e. The minimum absolute atomic E-state index is 0.0184. The second-order valence-corrected chi connectivity index (χ2v) is 6.65. The third kappa shape index (κ3) is 11.7. The first-order valence-electron chi connectivity index (χ1n) is 9.27. The highest BCUT2D eigenvalue weighted by molar-refractivity contribution is 5.73. The molecule has 9 N–H and O–H groups in total. The Morgan fingerprint density at radius 2 is 1.25 bits per heavy atom. The Balaban J connectivity index is 0.000000280. The lowest BCUT2D eigenvalue weighted by molar-refractivity contribution is -0.118. The zero-order valence-corrected chi connectivity index (χ0v) is 16.1. The van der Waals surface area contributed by atoms with Crippen molar-refractivity contribution >= 4 is 11.9 Å². The number of benzene rings is 2. The molecule has 0 radical (unpaired) electrons. The zero-order valence-electron chi connectivity index (χ0n) is 16.1. The molecule has 0 unspecified atom stereocenters. The van der Waals surface area contributed by atoms with Crippen LogP contribution in [0.5, 0.6) is 0 Å². The van der Waals surface area contributed by atoms with Crippen LogP contribution in [0.25, 0.3) is 0 Å². The van der Waals surface area contributed by atoms with Crippen LogP contribution in [0.15, 0.2) is 60.7 Å². The van der Waals surface area contributed by atoms with Gasteiger partial charge in [-0.25, -0.2) is 4.79 Å². The SMILES string of the molecule is NC(=O)CC[C@H](N)Cc1ccccc1.NC(=O)NC[C@H](N)Cc1ccccc1. The van der Waals surface area contributed by atoms with Gasteiger partial charge in [-0.1, -0.05) is 60.7 Å². The van der Waals surface area contributed by atoms with Crippen LogP contribution in [0.2, 0.25) is 0 Å². The van der Waals surface area contributed by atoms with E-state index in [9.17, 15) is 9.59 Å². The van der Waals surface area contributed by atoms with Gasteiger partial charge in [0.05, 0.1) is 0 Å². The van der Waals surface area contributed by atoms with Crippen molar-refractivity contribution in [1.29, 1.82) is 0 Å². The van der Waals surface area contributed by atoms with Gasteiger partial charge in [0.25, 0.3) is 0 Å². The Bertz CT molecular complexity index is 633. The molecule has 7 nitrogen and oxygen atoms in total. The highest BCUT2D eigenvalue weighted by Crippen LogP contribution is 2.05. The summed E-state index contributed by atoms with van der Waals surface area (Å²) >= 11 is 0. The molecule has 2 rings (SSSR count). The maximum atomic E-state index is 10.5. The molecule has 7 heteroatoms. The van der Waals surface area contributed by atoms with Crippen LogP contribution in [-0.2, 0) is 17.6 Å². The standard InChI is InChI=1S/C11H16N2O.C10H15N3O/c12-10(6-7-11(13)14)8-9-4-2-1-3-5-9;11-9(7-13-10(12)14)6-8-4-2-1-3-5-8/h1-5,10H,6-8,12H2,(H2,13,14);1-5,9H,6-7,11H2,(H3,12,13,14)/t10-;9-/m01/s1. The molecule has 28 heavy (non-hydrogen) atoms. The predicted octanol–water partition coefficient (Wildman–Crippen LogP) is 1.05. The third-order valence-corrected chi connectivity index (χ3v) is 3.98. The predicted molar refractivity (Wildman–Crippen MR) is 112 cm³/mol. The average Bonchev–Trinajstić information content (AvgIpc) is 2.67. The molecular formula is C21H31N5O2. The Morgan fingerprint density at radius 3 is 1.68 bits per heavy atom. The van der Waals surface area contributed by atoms with Crippen molar-refractivity contribution < 1.29 is 9.59 Å². The minimum atomic E-state index is -0.534. The Kier molecular flexibility index (Phi) is 11.0. The number of primary amides is 2. The summed E-state index contributed by atoms with van der Waals surface area (Å²) < 4.78 is 0. The Hall–Kier alpha value is -2.90. The van der Waals surface area contributed by atoms with E-state index < -0.39 is 6.03 Å². The van der Waals surface area contributed by atoms with E-state index in [0.717, 1.165) is 18.4 Å². The maximum absolute atomic E-state index is 10.5. The Labute approximate surface area is 166 Å². The largest absolute Gasteiger partial charge is 0.370 e. The van der Waals surface area contributed by atoms with Crippen molar-refractivity contribution in [3.05, 3.63) is 71.8 Å². The minimum Gasteiger partial charge on any atom is -0.370 e. The van der Waals surface area contributed by atoms with Crippen LogP contribution >= 0.6 is 0 Å². The van der Waals surface area contributed by atoms with Crippen LogP contribution < -0.4 is 28.3 Å². The van der Waals surface area contributed by atoms with E-state index in [0.29, 0.717) is 19.4 Å². The fourth-order valence-electron chi connectivity index (χ4n) is 2.57. The van der Waals surface area contributed by atoms with Crippen LogP contribution in [0.1, 0.15) is 24.0 Å². The summed E-state index contributed by atoms with van der Waals surface area (Å²) in [6, 6.07) is 19.3. The van der Waals surface area contributed by atoms with Crippen molar-refractivity contribution in [3.63, 3.8) is 0 Å². The zero-order chi connectivity index (χ0) is 20.8. The van der Waals surface area contributed by atoms with Gasteiger partial charge >= 0.3 is 6.03 Å². The van der Waals surface area contributed by atoms with Gasteiger partial charge in [-0.3, -0.25) is 4.79 Å². The van der Waals surface area contributed by atoms with Gasteiger partial charge in [0, 0.05) is 25.0 Å². The number of rotatable bonds is 9. The van der Waals surface area contributed by atoms with E-state index in [4.69, 9.17) is 22.9 Å². The van der Waals surface area contributed by atoms with E-state index in [1.54, 1.807) is 0 Å². The molecule has 0 bridgehead atoms. The van der Waals surface area contributed by atoms with Crippen molar-refractivity contribution in [2.45, 2.75) is 37.8 Å². The molecule has 0 aliphatic carbocycles. The number of nitrogens with two attached hydrogens (primary N) is 4. The summed E-state index contributed by atoms with van der Waals surface area (Å²) in [4.78, 5) is 20.9. The molecule has 2 atom stereocenters. The number of carbonyl (C=O) groups excluding carboxylic acids is 2. The van der Waals surface area contributed by atoms with Crippen LogP contribution in [0.4, 0.5) is 4.79 Å². The molecule has 0 aromatic heterocycles. The van der Waals surface area contributed by atoms with Crippen molar-refractivity contribution in [2.75, 3.05) is 6.54 Å². The summed E-state index contributed by atoms with van der Waals surface area (Å²) in [5, 5.41) is 2.48. The monoisotopic (exact) mass is 385 g/mol. The van der Waals surface area contributed by atoms with Crippen LogP contribution in [0.3, 0.4) is 0 Å². The first-order valence-corrected chi connectivity index (χ1v) is 9.27. The van der Waals surface area contributed by atoms with Gasteiger partial charge in [0.2, 0.25) is 5.91 Å². The van der Waals surface area contributed by atoms with E-state index >= 15 is 0 Å². The van der Waals surface area contributed by atoms with Crippen LogP contribution in [-0.4, -0.2) is 30.6 Å². The lowest BCUT2D eigenvalue weighted by atomic mass is 10.0. The summed E-state index contributed by atoms with van der Waals surface area (Å²) in [5.74, 6) is -0.284. The van der Waals surface area contributed by atoms with Gasteiger partial charge in [-0.2, -0.15) is 0 Å². The van der Waals surface area contributed by atoms with Crippen molar-refractivity contribution in [2.24, 2.45) is 22.9 Å². The number of urea groups is 1. The molecule has 2 aromatic rings. The van der Waals surface area contributed by atoms with Gasteiger partial charge < -0.3 is 28.3 Å². The highest BCUT2D eigenvalue weighted by Gasteiger charge is 2.05. The molecule has 3 amide bonds. The van der Waals surface area contributed by atoms with Gasteiger partial charge in [0.15, 0.2) is 0 Å². The number of amides is 3. The summed E-state index contributed by atoms with van der Waals surface area (Å²) in [5.41, 5.74) is 24.0. The summed E-state index contributed by atoms with van der Waals surface area (Å²) in [6.07, 6.45) is 2.56. The molecule has 0 saturated carbocycles. The number of nitrogens with one attached hydrogen (secondary N) is 1. The smallest absolute Gasteiger partial charge is 0.312 e. The first kappa shape index (κ1) is 23.1. The summed E-state index contributed by atoms with van der Waals surface area (Å²) in [7, 11) is 0. The second kappa shape index (κ2) is 13.3. The topological polar surface area (TPSA) is 150 Å². The molecule has 2 aromatic carbocycles. The molecule has 0 heterocycles. The molecule has 0 saturated heterocycles. The number of hydrogen-bond donors (Lipinski definition) is 5. The molecule has 152 valence electrons. The van der Waals surface area contributed by atoms with Gasteiger partial charge in [-0.15, -0.1) is 0 Å². The van der Waals surface area contributed by atoms with Crippen molar-refractivity contribution in [3.8, 4) is 0 Å². The van der Waals surface area contributed by atoms with E-state index in [-0.39, 0.29) is 18.0 Å². The lowest BCUT2D eigenvalue weighted by Crippen LogP contribution is -2.40. The molecular weight excluding hydrogens is 354 g/mol. The van der Waals surface area contributed by atoms with E-state index in [1.165, 1.54) is 5.56 Å². The fourth-order valence-corrected chi connectivity index (χ4v) is 2.57. The second-order valence-electron chi connectivity index (χ2n) is 6.65. The number of carbonyl (C=O) groups is 2. The highest BCUT2D eigenvalue weighted by atomic mass is 16.2. The quantitative estimate of drug-likeness (QED) is 0.438. The van der Waals surface area contributed by atoms with Gasteiger partial charge in [-0.05, 0) is 30.4 Å². The van der Waals surface area contributed by atoms with E-state index in [2.05, 4.69) is 5.32 Å². The molecule has 0 aliphatic heterocycles. The third-order valence-electron chi connectivity index (χ3n) is 3.98. The molecule has 0 aliphatic rings. The van der Waals surface area contributed by atoms with Crippen LogP contribution in [0, 0.1) is 0 Å². The molecule has 0 fully saturated rings. The van der Waals surface area contributed by atoms with Gasteiger partial charge in [0.1, 0.15) is 0 Å². The fraction of sp³-hybridized carbons (Fsp3) is 0.333.